The second-order valence-electron chi connectivity index (χ2n) is 7.72. The minimum Gasteiger partial charge on any atom is -0.481 e. The van der Waals surface area contributed by atoms with Crippen LogP contribution in [-0.4, -0.2) is 35.0 Å². The van der Waals surface area contributed by atoms with Crippen molar-refractivity contribution in [3.63, 3.8) is 0 Å². The molecule has 1 amide bonds. The van der Waals surface area contributed by atoms with Gasteiger partial charge in [0.2, 0.25) is 0 Å². The highest BCUT2D eigenvalue weighted by Crippen LogP contribution is 2.59. The van der Waals surface area contributed by atoms with Crippen LogP contribution in [0, 0.1) is 11.3 Å². The number of hydrogen-bond acceptors (Lipinski definition) is 3. The maximum atomic E-state index is 12.9. The van der Waals surface area contributed by atoms with Crippen LogP contribution < -0.4 is 0 Å². The van der Waals surface area contributed by atoms with Gasteiger partial charge in [-0.25, -0.2) is 0 Å². The Bertz CT molecular complexity index is 632. The van der Waals surface area contributed by atoms with E-state index in [1.807, 2.05) is 4.90 Å². The van der Waals surface area contributed by atoms with Crippen LogP contribution >= 0.6 is 11.3 Å². The highest BCUT2D eigenvalue weighted by Gasteiger charge is 2.59. The molecule has 3 aliphatic rings. The van der Waals surface area contributed by atoms with Crippen LogP contribution in [0.25, 0.3) is 0 Å². The molecule has 4 nitrogen and oxygen atoms in total. The van der Waals surface area contributed by atoms with Gasteiger partial charge in [-0.3, -0.25) is 9.59 Å². The lowest BCUT2D eigenvalue weighted by Gasteiger charge is -2.32. The van der Waals surface area contributed by atoms with E-state index in [0.29, 0.717) is 13.1 Å². The molecule has 1 N–H and O–H groups in total. The third-order valence-electron chi connectivity index (χ3n) is 6.24. The molecule has 1 atom stereocenters. The van der Waals surface area contributed by atoms with Gasteiger partial charge in [0, 0.05) is 18.0 Å². The molecule has 1 aliphatic heterocycles. The number of fused-ring (bicyclic) bond motifs is 1. The van der Waals surface area contributed by atoms with Crippen LogP contribution in [0.1, 0.15) is 65.1 Å². The van der Waals surface area contributed by atoms with Crippen molar-refractivity contribution >= 4 is 23.2 Å². The number of nitrogens with zero attached hydrogens (tertiary/aromatic N) is 1. The molecule has 1 unspecified atom stereocenters. The SMILES string of the molecule is O=C(O)C1CC12CCN(C(=O)c1cc3c(s1)CCCCCC3)CC2. The second-order valence-corrected chi connectivity index (χ2v) is 8.86. The number of carbonyl (C=O) groups is 2. The molecule has 2 fully saturated rings. The number of likely N-dealkylation sites (tertiary alicyclic amines) is 1. The first-order valence-electron chi connectivity index (χ1n) is 9.23. The van der Waals surface area contributed by atoms with Gasteiger partial charge in [0.15, 0.2) is 0 Å². The monoisotopic (exact) mass is 347 g/mol. The molecule has 5 heteroatoms. The molecule has 2 heterocycles. The molecule has 1 saturated heterocycles. The molecule has 4 rings (SSSR count). The molecule has 2 aliphatic carbocycles. The minimum absolute atomic E-state index is 0.00681. The molecule has 24 heavy (non-hydrogen) atoms. The number of carboxylic acid groups (broad SMARTS) is 1. The third-order valence-corrected chi connectivity index (χ3v) is 7.47. The molecule has 1 saturated carbocycles. The van der Waals surface area contributed by atoms with Crippen LogP contribution in [0.3, 0.4) is 0 Å². The summed E-state index contributed by atoms with van der Waals surface area (Å²) in [6.45, 7) is 1.43. The minimum atomic E-state index is -0.659. The molecular formula is C19H25NO3S. The Balaban J connectivity index is 1.42. The lowest BCUT2D eigenvalue weighted by atomic mass is 9.90. The number of amides is 1. The first-order chi connectivity index (χ1) is 11.6. The Morgan fingerprint density at radius 3 is 2.50 bits per heavy atom. The summed E-state index contributed by atoms with van der Waals surface area (Å²) in [5, 5.41) is 9.18. The van der Waals surface area contributed by atoms with Crippen molar-refractivity contribution in [3.8, 4) is 0 Å². The summed E-state index contributed by atoms with van der Waals surface area (Å²) in [6.07, 6.45) is 9.82. The summed E-state index contributed by atoms with van der Waals surface area (Å²) in [6, 6.07) is 2.13. The number of aliphatic carboxylic acids is 1. The number of aryl methyl sites for hydroxylation is 2. The van der Waals surface area contributed by atoms with E-state index in [0.717, 1.165) is 37.0 Å². The zero-order valence-electron chi connectivity index (χ0n) is 14.1. The summed E-state index contributed by atoms with van der Waals surface area (Å²) in [7, 11) is 0. The van der Waals surface area contributed by atoms with Gasteiger partial charge in [-0.15, -0.1) is 11.3 Å². The smallest absolute Gasteiger partial charge is 0.307 e. The van der Waals surface area contributed by atoms with E-state index in [2.05, 4.69) is 6.07 Å². The summed E-state index contributed by atoms with van der Waals surface area (Å²) >= 11 is 1.70. The van der Waals surface area contributed by atoms with Crippen LogP contribution in [0.2, 0.25) is 0 Å². The molecule has 1 aromatic rings. The molecule has 0 aromatic carbocycles. The Morgan fingerprint density at radius 2 is 1.83 bits per heavy atom. The van der Waals surface area contributed by atoms with Gasteiger partial charge in [-0.2, -0.15) is 0 Å². The molecule has 1 spiro atoms. The van der Waals surface area contributed by atoms with Crippen LogP contribution in [0.5, 0.6) is 0 Å². The number of carbonyl (C=O) groups excluding carboxylic acids is 1. The van der Waals surface area contributed by atoms with Crippen molar-refractivity contribution in [2.75, 3.05) is 13.1 Å². The first kappa shape index (κ1) is 16.1. The van der Waals surface area contributed by atoms with E-state index in [1.54, 1.807) is 11.3 Å². The number of thiophene rings is 1. The molecular weight excluding hydrogens is 322 g/mol. The largest absolute Gasteiger partial charge is 0.481 e. The van der Waals surface area contributed by atoms with Gasteiger partial charge in [-0.1, -0.05) is 12.8 Å². The highest BCUT2D eigenvalue weighted by molar-refractivity contribution is 7.14. The molecule has 0 bridgehead atoms. The van der Waals surface area contributed by atoms with Crippen molar-refractivity contribution in [2.45, 2.75) is 57.8 Å². The topological polar surface area (TPSA) is 57.6 Å². The van der Waals surface area contributed by atoms with Crippen LogP contribution in [-0.2, 0) is 17.6 Å². The number of carboxylic acids is 1. The molecule has 130 valence electrons. The van der Waals surface area contributed by atoms with E-state index in [1.165, 1.54) is 36.1 Å². The van der Waals surface area contributed by atoms with E-state index in [-0.39, 0.29) is 17.2 Å². The van der Waals surface area contributed by atoms with Crippen LogP contribution in [0.4, 0.5) is 0 Å². The number of rotatable bonds is 2. The third kappa shape index (κ3) is 2.87. The fourth-order valence-electron chi connectivity index (χ4n) is 4.51. The summed E-state index contributed by atoms with van der Waals surface area (Å²) in [5.41, 5.74) is 1.39. The lowest BCUT2D eigenvalue weighted by molar-refractivity contribution is -0.139. The molecule has 1 aromatic heterocycles. The second kappa shape index (κ2) is 6.17. The fraction of sp³-hybridized carbons (Fsp3) is 0.684. The summed E-state index contributed by atoms with van der Waals surface area (Å²) < 4.78 is 0. The lowest BCUT2D eigenvalue weighted by Crippen LogP contribution is -2.39. The van der Waals surface area contributed by atoms with Gasteiger partial charge in [0.25, 0.3) is 5.91 Å². The number of piperidine rings is 1. The van der Waals surface area contributed by atoms with E-state index in [4.69, 9.17) is 0 Å². The van der Waals surface area contributed by atoms with Crippen LogP contribution in [0.15, 0.2) is 6.07 Å². The maximum Gasteiger partial charge on any atom is 0.307 e. The zero-order valence-corrected chi connectivity index (χ0v) is 14.9. The van der Waals surface area contributed by atoms with Gasteiger partial charge >= 0.3 is 5.97 Å². The van der Waals surface area contributed by atoms with Crippen molar-refractivity contribution in [1.82, 2.24) is 4.90 Å². The molecule has 0 radical (unpaired) electrons. The van der Waals surface area contributed by atoms with Crippen molar-refractivity contribution < 1.29 is 14.7 Å². The van der Waals surface area contributed by atoms with Gasteiger partial charge in [0.1, 0.15) is 0 Å². The van der Waals surface area contributed by atoms with Gasteiger partial charge < -0.3 is 10.0 Å². The quantitative estimate of drug-likeness (QED) is 0.887. The van der Waals surface area contributed by atoms with Crippen molar-refractivity contribution in [2.24, 2.45) is 11.3 Å². The highest BCUT2D eigenvalue weighted by atomic mass is 32.1. The predicted molar refractivity (Wildman–Crippen MR) is 93.5 cm³/mol. The average Bonchev–Trinajstić information content (AvgIpc) is 3.12. The Kier molecular flexibility index (Phi) is 4.15. The number of hydrogen-bond donors (Lipinski definition) is 1. The fourth-order valence-corrected chi connectivity index (χ4v) is 5.73. The Morgan fingerprint density at radius 1 is 1.12 bits per heavy atom. The van der Waals surface area contributed by atoms with E-state index < -0.39 is 5.97 Å². The first-order valence-corrected chi connectivity index (χ1v) is 10.0. The van der Waals surface area contributed by atoms with Crippen molar-refractivity contribution in [3.05, 3.63) is 21.4 Å². The van der Waals surface area contributed by atoms with E-state index in [9.17, 15) is 14.7 Å². The maximum absolute atomic E-state index is 12.9. The van der Waals surface area contributed by atoms with Crippen molar-refractivity contribution in [1.29, 1.82) is 0 Å². The Hall–Kier alpha value is -1.36. The predicted octanol–water partition coefficient (Wildman–Crippen LogP) is 3.73. The summed E-state index contributed by atoms with van der Waals surface area (Å²) in [4.78, 5) is 28.3. The van der Waals surface area contributed by atoms with E-state index >= 15 is 0 Å². The van der Waals surface area contributed by atoms with Gasteiger partial charge in [0.05, 0.1) is 10.8 Å². The summed E-state index contributed by atoms with van der Waals surface area (Å²) in [5.74, 6) is -0.668. The zero-order chi connectivity index (χ0) is 16.7. The normalized spacial score (nSPS) is 25.7. The van der Waals surface area contributed by atoms with Gasteiger partial charge in [-0.05, 0) is 62.0 Å². The Labute approximate surface area is 146 Å². The average molecular weight is 347 g/mol. The standard InChI is InChI=1S/C19H25NO3S/c21-17(16-11-13-5-3-1-2-4-6-15(13)24-16)20-9-7-19(8-10-20)12-14(19)18(22)23/h11,14H,1-10,12H2,(H,22,23).